The molecule has 0 unspecified atom stereocenters. The van der Waals surface area contributed by atoms with Gasteiger partial charge < -0.3 is 14.8 Å². The molecule has 0 aliphatic rings. The summed E-state index contributed by atoms with van der Waals surface area (Å²) in [7, 11) is 0. The Bertz CT molecular complexity index is 1400. The van der Waals surface area contributed by atoms with E-state index in [0.29, 0.717) is 34.6 Å². The lowest BCUT2D eigenvalue weighted by Gasteiger charge is -2.12. The lowest BCUT2D eigenvalue weighted by atomic mass is 10.1. The second-order valence-electron chi connectivity index (χ2n) is 7.30. The Balaban J connectivity index is 1.93. The number of nitriles is 1. The highest BCUT2D eigenvalue weighted by Gasteiger charge is 2.33. The Morgan fingerprint density at radius 3 is 2.41 bits per heavy atom. The molecular weight excluding hydrogens is 559 g/mol. The van der Waals surface area contributed by atoms with E-state index in [-0.39, 0.29) is 16.9 Å². The van der Waals surface area contributed by atoms with Crippen molar-refractivity contribution >= 4 is 39.3 Å². The van der Waals surface area contributed by atoms with E-state index in [0.717, 1.165) is 6.07 Å². The third-order valence-corrected chi connectivity index (χ3v) is 5.26. The van der Waals surface area contributed by atoms with Gasteiger partial charge >= 0.3 is 11.9 Å². The van der Waals surface area contributed by atoms with E-state index in [2.05, 4.69) is 21.2 Å². The van der Waals surface area contributed by atoms with Crippen LogP contribution >= 0.6 is 15.9 Å². The number of benzene rings is 3. The predicted octanol–water partition coefficient (Wildman–Crippen LogP) is 7.11. The SMILES string of the molecule is CCOc1ccc(NC(=O)/C(C#N)=C/c2cc(Br)ccc2Oc2ccc(C(F)(F)F)cc2[N+](=O)[O-])cc1. The van der Waals surface area contributed by atoms with Crippen LogP contribution < -0.4 is 14.8 Å². The van der Waals surface area contributed by atoms with Gasteiger partial charge in [0.1, 0.15) is 23.1 Å². The van der Waals surface area contributed by atoms with E-state index in [1.807, 2.05) is 6.92 Å². The van der Waals surface area contributed by atoms with Crippen molar-refractivity contribution < 1.29 is 32.4 Å². The van der Waals surface area contributed by atoms with Crippen molar-refractivity contribution in [2.24, 2.45) is 0 Å². The lowest BCUT2D eigenvalue weighted by Crippen LogP contribution is -2.13. The molecule has 0 fully saturated rings. The van der Waals surface area contributed by atoms with Gasteiger partial charge in [0.05, 0.1) is 17.1 Å². The number of carbonyl (C=O) groups is 1. The van der Waals surface area contributed by atoms with E-state index < -0.39 is 34.0 Å². The Labute approximate surface area is 217 Å². The summed E-state index contributed by atoms with van der Waals surface area (Å²) < 4.78 is 50.5. The number of nitro benzene ring substituents is 1. The zero-order chi connectivity index (χ0) is 27.2. The highest BCUT2D eigenvalue weighted by atomic mass is 79.9. The number of carbonyl (C=O) groups excluding carboxylic acids is 1. The number of nitrogens with zero attached hydrogens (tertiary/aromatic N) is 2. The van der Waals surface area contributed by atoms with Crippen molar-refractivity contribution in [2.75, 3.05) is 11.9 Å². The molecule has 0 aliphatic heterocycles. The fourth-order valence-corrected chi connectivity index (χ4v) is 3.45. The molecule has 0 aromatic heterocycles. The summed E-state index contributed by atoms with van der Waals surface area (Å²) >= 11 is 3.26. The van der Waals surface area contributed by atoms with Crippen molar-refractivity contribution in [3.8, 4) is 23.3 Å². The molecule has 0 heterocycles. The molecule has 3 rings (SSSR count). The number of halogens is 4. The summed E-state index contributed by atoms with van der Waals surface area (Å²) in [5.74, 6) is -0.622. The standard InChI is InChI=1S/C25H17BrF3N3O5/c1-2-36-20-7-5-19(6-8-20)31-24(33)16(14-30)11-15-12-18(26)4-10-22(15)37-23-9-3-17(25(27,28)29)13-21(23)32(34)35/h3-13H,2H2,1H3,(H,31,33)/b16-11+. The monoisotopic (exact) mass is 575 g/mol. The molecule has 190 valence electrons. The quantitative estimate of drug-likeness (QED) is 0.132. The minimum Gasteiger partial charge on any atom is -0.494 e. The van der Waals surface area contributed by atoms with Gasteiger partial charge in [0.2, 0.25) is 5.75 Å². The summed E-state index contributed by atoms with van der Waals surface area (Å²) in [6, 6.07) is 14.5. The third-order valence-electron chi connectivity index (χ3n) is 4.76. The van der Waals surface area contributed by atoms with Crippen LogP contribution in [0.3, 0.4) is 0 Å². The third kappa shape index (κ3) is 7.08. The Hall–Kier alpha value is -4.37. The van der Waals surface area contributed by atoms with Gasteiger partial charge in [-0.3, -0.25) is 14.9 Å². The van der Waals surface area contributed by atoms with Crippen LogP contribution in [0.15, 0.2) is 70.7 Å². The topological polar surface area (TPSA) is 114 Å². The van der Waals surface area contributed by atoms with Gasteiger partial charge in [-0.2, -0.15) is 18.4 Å². The number of hydrogen-bond acceptors (Lipinski definition) is 6. The Kier molecular flexibility index (Phi) is 8.52. The van der Waals surface area contributed by atoms with E-state index >= 15 is 0 Å². The zero-order valence-electron chi connectivity index (χ0n) is 19.0. The molecule has 0 radical (unpaired) electrons. The fraction of sp³-hybridized carbons (Fsp3) is 0.120. The highest BCUT2D eigenvalue weighted by molar-refractivity contribution is 9.10. The maximum atomic E-state index is 13.0. The summed E-state index contributed by atoms with van der Waals surface area (Å²) in [6.07, 6.45) is -3.59. The lowest BCUT2D eigenvalue weighted by molar-refractivity contribution is -0.385. The zero-order valence-corrected chi connectivity index (χ0v) is 20.6. The Morgan fingerprint density at radius 1 is 1.14 bits per heavy atom. The summed E-state index contributed by atoms with van der Waals surface area (Å²) in [5, 5.41) is 23.6. The van der Waals surface area contributed by atoms with Gasteiger partial charge in [0.15, 0.2) is 0 Å². The summed E-state index contributed by atoms with van der Waals surface area (Å²) in [5.41, 5.74) is -1.86. The molecule has 0 bridgehead atoms. The number of amides is 1. The van der Waals surface area contributed by atoms with Gasteiger partial charge in [0, 0.05) is 21.8 Å². The van der Waals surface area contributed by atoms with Crippen LogP contribution in [-0.2, 0) is 11.0 Å². The van der Waals surface area contributed by atoms with Crippen molar-refractivity contribution in [3.05, 3.63) is 92.0 Å². The molecule has 0 aliphatic carbocycles. The van der Waals surface area contributed by atoms with E-state index in [1.54, 1.807) is 30.3 Å². The van der Waals surface area contributed by atoms with Gasteiger partial charge in [0.25, 0.3) is 5.91 Å². The Morgan fingerprint density at radius 2 is 1.81 bits per heavy atom. The van der Waals surface area contributed by atoms with Gasteiger partial charge in [-0.1, -0.05) is 15.9 Å². The van der Waals surface area contributed by atoms with Crippen molar-refractivity contribution in [1.82, 2.24) is 0 Å². The van der Waals surface area contributed by atoms with Crippen LogP contribution in [-0.4, -0.2) is 17.4 Å². The maximum absolute atomic E-state index is 13.0. The molecule has 0 saturated heterocycles. The summed E-state index contributed by atoms with van der Waals surface area (Å²) in [6.45, 7) is 2.30. The number of alkyl halides is 3. The summed E-state index contributed by atoms with van der Waals surface area (Å²) in [4.78, 5) is 23.1. The number of hydrogen-bond donors (Lipinski definition) is 1. The largest absolute Gasteiger partial charge is 0.494 e. The molecule has 37 heavy (non-hydrogen) atoms. The molecule has 8 nitrogen and oxygen atoms in total. The molecule has 0 spiro atoms. The molecule has 0 saturated carbocycles. The number of nitrogens with one attached hydrogen (secondary N) is 1. The van der Waals surface area contributed by atoms with Crippen LogP contribution in [0.5, 0.6) is 17.2 Å². The highest BCUT2D eigenvalue weighted by Crippen LogP contribution is 2.39. The van der Waals surface area contributed by atoms with E-state index in [1.165, 1.54) is 24.3 Å². The van der Waals surface area contributed by atoms with Crippen LogP contribution in [0.2, 0.25) is 0 Å². The van der Waals surface area contributed by atoms with Crippen molar-refractivity contribution in [3.63, 3.8) is 0 Å². The van der Waals surface area contributed by atoms with Gasteiger partial charge in [-0.25, -0.2) is 0 Å². The first-order chi connectivity index (χ1) is 17.5. The number of rotatable bonds is 8. The van der Waals surface area contributed by atoms with E-state index in [4.69, 9.17) is 9.47 Å². The second kappa shape index (κ2) is 11.6. The smallest absolute Gasteiger partial charge is 0.416 e. The average molecular weight is 576 g/mol. The minimum absolute atomic E-state index is 0.0346. The second-order valence-corrected chi connectivity index (χ2v) is 8.22. The number of anilines is 1. The maximum Gasteiger partial charge on any atom is 0.416 e. The predicted molar refractivity (Wildman–Crippen MR) is 132 cm³/mol. The van der Waals surface area contributed by atoms with Gasteiger partial charge in [-0.05, 0) is 67.6 Å². The number of ether oxygens (including phenoxy) is 2. The van der Waals surface area contributed by atoms with E-state index in [9.17, 15) is 33.3 Å². The van der Waals surface area contributed by atoms with Crippen molar-refractivity contribution in [2.45, 2.75) is 13.1 Å². The first-order valence-electron chi connectivity index (χ1n) is 10.5. The molecule has 3 aromatic carbocycles. The normalized spacial score (nSPS) is 11.4. The number of nitro groups is 1. The van der Waals surface area contributed by atoms with Crippen LogP contribution in [0.25, 0.3) is 6.08 Å². The fourth-order valence-electron chi connectivity index (χ4n) is 3.07. The van der Waals surface area contributed by atoms with Gasteiger partial charge in [-0.15, -0.1) is 0 Å². The molecule has 1 N–H and O–H groups in total. The first-order valence-corrected chi connectivity index (χ1v) is 11.3. The molecular formula is C25H17BrF3N3O5. The molecule has 12 heteroatoms. The first kappa shape index (κ1) is 27.2. The van der Waals surface area contributed by atoms with Crippen LogP contribution in [0.4, 0.5) is 24.5 Å². The van der Waals surface area contributed by atoms with Crippen LogP contribution in [0, 0.1) is 21.4 Å². The van der Waals surface area contributed by atoms with Crippen LogP contribution in [0.1, 0.15) is 18.1 Å². The average Bonchev–Trinajstić information content (AvgIpc) is 2.84. The van der Waals surface area contributed by atoms with Crippen molar-refractivity contribution in [1.29, 1.82) is 5.26 Å². The molecule has 0 atom stereocenters. The molecule has 1 amide bonds. The molecule has 3 aromatic rings. The minimum atomic E-state index is -4.78.